The number of nitrogens with zero attached hydrogens (tertiary/aromatic N) is 2. The molecular weight excluding hydrogens is 223 g/mol. The number of hydrogen-bond acceptors (Lipinski definition) is 5. The summed E-state index contributed by atoms with van der Waals surface area (Å²) in [7, 11) is 0. The first-order chi connectivity index (χ1) is 8.08. The van der Waals surface area contributed by atoms with Crippen LogP contribution in [-0.2, 0) is 0 Å². The van der Waals surface area contributed by atoms with Gasteiger partial charge in [0.1, 0.15) is 5.82 Å². The van der Waals surface area contributed by atoms with Gasteiger partial charge in [-0.15, -0.1) is 5.10 Å². The van der Waals surface area contributed by atoms with Gasteiger partial charge in [-0.3, -0.25) is 0 Å². The van der Waals surface area contributed by atoms with Gasteiger partial charge in [0.25, 0.3) is 0 Å². The van der Waals surface area contributed by atoms with E-state index in [9.17, 15) is 4.39 Å². The minimum atomic E-state index is -0.327. The third-order valence-electron chi connectivity index (χ3n) is 2.34. The van der Waals surface area contributed by atoms with Gasteiger partial charge in [-0.2, -0.15) is 0 Å². The van der Waals surface area contributed by atoms with Crippen molar-refractivity contribution >= 4 is 11.7 Å². The van der Waals surface area contributed by atoms with Crippen LogP contribution in [0.15, 0.2) is 22.6 Å². The van der Waals surface area contributed by atoms with Crippen LogP contribution >= 0.6 is 0 Å². The highest BCUT2D eigenvalue weighted by Gasteiger charge is 2.11. The van der Waals surface area contributed by atoms with Crippen LogP contribution in [-0.4, -0.2) is 10.2 Å². The molecule has 6 heteroatoms. The molecule has 0 spiro atoms. The van der Waals surface area contributed by atoms with Crippen molar-refractivity contribution in [3.05, 3.63) is 35.5 Å². The molecule has 0 saturated carbocycles. The van der Waals surface area contributed by atoms with E-state index in [4.69, 9.17) is 10.2 Å². The second-order valence-corrected chi connectivity index (χ2v) is 3.77. The Bertz CT molecular complexity index is 524. The summed E-state index contributed by atoms with van der Waals surface area (Å²) in [6.07, 6.45) is 0. The van der Waals surface area contributed by atoms with E-state index in [1.54, 1.807) is 26.0 Å². The smallest absolute Gasteiger partial charge is 0.320 e. The van der Waals surface area contributed by atoms with Gasteiger partial charge in [0.05, 0.1) is 6.04 Å². The van der Waals surface area contributed by atoms with Gasteiger partial charge in [0.15, 0.2) is 0 Å². The Balaban J connectivity index is 2.22. The Morgan fingerprint density at radius 1 is 1.41 bits per heavy atom. The van der Waals surface area contributed by atoms with E-state index in [1.807, 2.05) is 0 Å². The van der Waals surface area contributed by atoms with Gasteiger partial charge in [0, 0.05) is 11.3 Å². The van der Waals surface area contributed by atoms with Crippen molar-refractivity contribution in [1.29, 1.82) is 0 Å². The Morgan fingerprint density at radius 3 is 2.82 bits per heavy atom. The van der Waals surface area contributed by atoms with E-state index in [2.05, 4.69) is 15.5 Å². The first-order valence-corrected chi connectivity index (χ1v) is 5.19. The molecule has 0 aliphatic rings. The molecule has 1 aromatic heterocycles. The van der Waals surface area contributed by atoms with Gasteiger partial charge >= 0.3 is 6.01 Å². The average molecular weight is 236 g/mol. The van der Waals surface area contributed by atoms with Crippen LogP contribution in [0.25, 0.3) is 0 Å². The van der Waals surface area contributed by atoms with Crippen LogP contribution in [0.4, 0.5) is 16.1 Å². The minimum absolute atomic E-state index is 0.200. The molecule has 1 aromatic carbocycles. The topological polar surface area (TPSA) is 77.0 Å². The molecule has 5 nitrogen and oxygen atoms in total. The number of anilines is 2. The van der Waals surface area contributed by atoms with E-state index < -0.39 is 0 Å². The molecule has 0 aliphatic carbocycles. The van der Waals surface area contributed by atoms with Crippen molar-refractivity contribution < 1.29 is 8.81 Å². The van der Waals surface area contributed by atoms with Gasteiger partial charge in [-0.05, 0) is 26.0 Å². The molecule has 1 heterocycles. The number of halogens is 1. The fourth-order valence-electron chi connectivity index (χ4n) is 1.33. The molecule has 0 fully saturated rings. The fourth-order valence-corrected chi connectivity index (χ4v) is 1.33. The lowest BCUT2D eigenvalue weighted by Crippen LogP contribution is -2.04. The zero-order chi connectivity index (χ0) is 12.4. The third kappa shape index (κ3) is 2.42. The summed E-state index contributed by atoms with van der Waals surface area (Å²) < 4.78 is 18.6. The maximum absolute atomic E-state index is 13.3. The lowest BCUT2D eigenvalue weighted by atomic mass is 10.2. The first-order valence-electron chi connectivity index (χ1n) is 5.19. The predicted molar refractivity (Wildman–Crippen MR) is 61.3 cm³/mol. The largest absolute Gasteiger partial charge is 0.406 e. The summed E-state index contributed by atoms with van der Waals surface area (Å²) in [6.45, 7) is 3.41. The van der Waals surface area contributed by atoms with Gasteiger partial charge < -0.3 is 15.5 Å². The molecule has 17 heavy (non-hydrogen) atoms. The summed E-state index contributed by atoms with van der Waals surface area (Å²) >= 11 is 0. The van der Waals surface area contributed by atoms with Crippen molar-refractivity contribution in [3.8, 4) is 0 Å². The summed E-state index contributed by atoms with van der Waals surface area (Å²) in [5.41, 5.74) is 6.67. The molecule has 2 rings (SSSR count). The maximum Gasteiger partial charge on any atom is 0.320 e. The standard InChI is InChI=1S/C11H13FN4O/c1-6-8(12)4-3-5-9(6)14-11-16-15-10(17-11)7(2)13/h3-5,7H,13H2,1-2H3,(H,14,16). The lowest BCUT2D eigenvalue weighted by molar-refractivity contribution is 0.475. The highest BCUT2D eigenvalue weighted by molar-refractivity contribution is 5.57. The number of nitrogens with one attached hydrogen (secondary N) is 1. The number of aromatic nitrogens is 2. The van der Waals surface area contributed by atoms with Crippen molar-refractivity contribution in [2.45, 2.75) is 19.9 Å². The van der Waals surface area contributed by atoms with Crippen LogP contribution in [0.5, 0.6) is 0 Å². The maximum atomic E-state index is 13.3. The molecule has 0 radical (unpaired) electrons. The van der Waals surface area contributed by atoms with E-state index >= 15 is 0 Å². The summed E-state index contributed by atoms with van der Waals surface area (Å²) in [4.78, 5) is 0. The summed E-state index contributed by atoms with van der Waals surface area (Å²) in [6, 6.07) is 4.60. The van der Waals surface area contributed by atoms with Gasteiger partial charge in [-0.1, -0.05) is 11.2 Å². The number of benzene rings is 1. The van der Waals surface area contributed by atoms with Gasteiger partial charge in [0.2, 0.25) is 5.89 Å². The second-order valence-electron chi connectivity index (χ2n) is 3.77. The van der Waals surface area contributed by atoms with Crippen LogP contribution in [0.1, 0.15) is 24.4 Å². The normalized spacial score (nSPS) is 12.5. The molecule has 0 amide bonds. The van der Waals surface area contributed by atoms with Crippen molar-refractivity contribution in [2.75, 3.05) is 5.32 Å². The number of nitrogens with two attached hydrogens (primary N) is 1. The summed E-state index contributed by atoms with van der Waals surface area (Å²) in [5.74, 6) is 0.0449. The fraction of sp³-hybridized carbons (Fsp3) is 0.273. The van der Waals surface area contributed by atoms with E-state index in [1.165, 1.54) is 6.07 Å². The SMILES string of the molecule is Cc1c(F)cccc1Nc1nnc(C(C)N)o1. The minimum Gasteiger partial charge on any atom is -0.406 e. The zero-order valence-electron chi connectivity index (χ0n) is 9.57. The van der Waals surface area contributed by atoms with Crippen LogP contribution in [0.2, 0.25) is 0 Å². The van der Waals surface area contributed by atoms with E-state index in [0.717, 1.165) is 0 Å². The molecule has 3 N–H and O–H groups in total. The second kappa shape index (κ2) is 4.50. The highest BCUT2D eigenvalue weighted by Crippen LogP contribution is 2.22. The number of rotatable bonds is 3. The van der Waals surface area contributed by atoms with Crippen molar-refractivity contribution in [1.82, 2.24) is 10.2 Å². The molecule has 2 aromatic rings. The van der Waals surface area contributed by atoms with E-state index in [-0.39, 0.29) is 17.9 Å². The van der Waals surface area contributed by atoms with Crippen LogP contribution in [0.3, 0.4) is 0 Å². The molecular formula is C11H13FN4O. The Kier molecular flexibility index (Phi) is 3.06. The molecule has 0 saturated heterocycles. The quantitative estimate of drug-likeness (QED) is 0.854. The lowest BCUT2D eigenvalue weighted by Gasteiger charge is -2.05. The highest BCUT2D eigenvalue weighted by atomic mass is 19.1. The molecule has 0 aliphatic heterocycles. The third-order valence-corrected chi connectivity index (χ3v) is 2.34. The monoisotopic (exact) mass is 236 g/mol. The van der Waals surface area contributed by atoms with Gasteiger partial charge in [-0.25, -0.2) is 4.39 Å². The average Bonchev–Trinajstić information content (AvgIpc) is 2.73. The molecule has 1 unspecified atom stereocenters. The van der Waals surface area contributed by atoms with Crippen LogP contribution in [0, 0.1) is 12.7 Å². The van der Waals surface area contributed by atoms with Crippen molar-refractivity contribution in [2.24, 2.45) is 5.73 Å². The molecule has 1 atom stereocenters. The predicted octanol–water partition coefficient (Wildman–Crippen LogP) is 2.28. The molecule has 0 bridgehead atoms. The Labute approximate surface area is 97.8 Å². The molecule has 90 valence electrons. The zero-order valence-corrected chi connectivity index (χ0v) is 9.57. The Morgan fingerprint density at radius 2 is 2.18 bits per heavy atom. The summed E-state index contributed by atoms with van der Waals surface area (Å²) in [5, 5.41) is 10.4. The number of hydrogen-bond donors (Lipinski definition) is 2. The van der Waals surface area contributed by atoms with E-state index in [0.29, 0.717) is 17.1 Å². The van der Waals surface area contributed by atoms with Crippen molar-refractivity contribution in [3.63, 3.8) is 0 Å². The first kappa shape index (κ1) is 11.5. The Hall–Kier alpha value is -1.95. The van der Waals surface area contributed by atoms with Crippen LogP contribution < -0.4 is 11.1 Å².